The summed E-state index contributed by atoms with van der Waals surface area (Å²) in [7, 11) is -3.32. The fourth-order valence-electron chi connectivity index (χ4n) is 2.82. The van der Waals surface area contributed by atoms with Crippen LogP contribution in [-0.4, -0.2) is 20.6 Å². The molecular weight excluding hydrogens is 412 g/mol. The Balaban J connectivity index is 1.53. The van der Waals surface area contributed by atoms with Crippen LogP contribution < -0.4 is 14.8 Å². The normalized spacial score (nSPS) is 11.3. The third-order valence-electron chi connectivity index (χ3n) is 4.30. The minimum Gasteiger partial charge on any atom is -0.489 e. The van der Waals surface area contributed by atoms with Crippen LogP contribution in [0.5, 0.6) is 5.75 Å². The number of para-hydroxylation sites is 1. The van der Waals surface area contributed by atoms with Gasteiger partial charge in [-0.2, -0.15) is 0 Å². The second-order valence-corrected chi connectivity index (χ2v) is 8.68. The molecule has 3 aromatic carbocycles. The topological polar surface area (TPSA) is 84.5 Å². The Morgan fingerprint density at radius 1 is 0.935 bits per heavy atom. The molecule has 3 aromatic rings. The summed E-state index contributed by atoms with van der Waals surface area (Å²) in [6, 6.07) is 24.2. The van der Waals surface area contributed by atoms with Crippen LogP contribution in [0.15, 0.2) is 84.9 Å². The van der Waals surface area contributed by atoms with Gasteiger partial charge in [0.1, 0.15) is 12.4 Å². The summed E-state index contributed by atoms with van der Waals surface area (Å²) in [6.45, 7) is 0.793. The number of rotatable bonds is 9. The van der Waals surface area contributed by atoms with Gasteiger partial charge in [0.05, 0.1) is 6.26 Å². The minimum absolute atomic E-state index is 0.240. The van der Waals surface area contributed by atoms with Crippen LogP contribution in [0.3, 0.4) is 0 Å². The van der Waals surface area contributed by atoms with E-state index < -0.39 is 10.0 Å². The Hall–Kier alpha value is -3.58. The molecule has 0 bridgehead atoms. The zero-order valence-corrected chi connectivity index (χ0v) is 17.9. The predicted molar refractivity (Wildman–Crippen MR) is 123 cm³/mol. The second kappa shape index (κ2) is 10.4. The van der Waals surface area contributed by atoms with Crippen molar-refractivity contribution in [1.29, 1.82) is 0 Å². The number of benzene rings is 3. The third kappa shape index (κ3) is 7.64. The SMILES string of the molecule is CS(=O)(=O)Nc1ccc(/C=C/C(=O)NCc2ccccc2OCc2ccccc2)cc1. The molecule has 0 heterocycles. The van der Waals surface area contributed by atoms with Crippen molar-refractivity contribution in [3.05, 3.63) is 102 Å². The van der Waals surface area contributed by atoms with Crippen LogP contribution >= 0.6 is 0 Å². The zero-order chi connectivity index (χ0) is 22.1. The summed E-state index contributed by atoms with van der Waals surface area (Å²) < 4.78 is 30.8. The second-order valence-electron chi connectivity index (χ2n) is 6.93. The summed E-state index contributed by atoms with van der Waals surface area (Å²) in [5.74, 6) is 0.487. The maximum Gasteiger partial charge on any atom is 0.244 e. The average molecular weight is 437 g/mol. The van der Waals surface area contributed by atoms with Crippen molar-refractivity contribution in [1.82, 2.24) is 5.32 Å². The van der Waals surface area contributed by atoms with E-state index in [1.54, 1.807) is 30.3 Å². The monoisotopic (exact) mass is 436 g/mol. The molecule has 3 rings (SSSR count). The van der Waals surface area contributed by atoms with E-state index in [0.29, 0.717) is 18.8 Å². The Morgan fingerprint density at radius 2 is 1.61 bits per heavy atom. The van der Waals surface area contributed by atoms with E-state index in [0.717, 1.165) is 28.7 Å². The highest BCUT2D eigenvalue weighted by molar-refractivity contribution is 7.92. The quantitative estimate of drug-likeness (QED) is 0.497. The number of hydrogen-bond acceptors (Lipinski definition) is 4. The van der Waals surface area contributed by atoms with E-state index in [1.165, 1.54) is 6.08 Å². The highest BCUT2D eigenvalue weighted by Gasteiger charge is 2.05. The van der Waals surface area contributed by atoms with Crippen LogP contribution in [0.25, 0.3) is 6.08 Å². The number of ether oxygens (including phenoxy) is 1. The molecule has 0 spiro atoms. The lowest BCUT2D eigenvalue weighted by Gasteiger charge is -2.12. The van der Waals surface area contributed by atoms with Gasteiger partial charge in [-0.25, -0.2) is 8.42 Å². The van der Waals surface area contributed by atoms with Crippen LogP contribution in [0.2, 0.25) is 0 Å². The molecular formula is C24H24N2O4S. The van der Waals surface area contributed by atoms with Gasteiger partial charge in [0.25, 0.3) is 0 Å². The Morgan fingerprint density at radius 3 is 2.32 bits per heavy atom. The van der Waals surface area contributed by atoms with Crippen molar-refractivity contribution in [2.75, 3.05) is 11.0 Å². The molecule has 0 aliphatic carbocycles. The standard InChI is InChI=1S/C24H24N2O4S/c1-31(28,29)26-22-14-11-19(12-15-22)13-16-24(27)25-17-21-9-5-6-10-23(21)30-18-20-7-3-2-4-8-20/h2-16,26H,17-18H2,1H3,(H,25,27)/b16-13+. The number of amides is 1. The maximum absolute atomic E-state index is 12.2. The van der Waals surface area contributed by atoms with E-state index in [9.17, 15) is 13.2 Å². The average Bonchev–Trinajstić information content (AvgIpc) is 2.76. The fraction of sp³-hybridized carbons (Fsp3) is 0.125. The molecule has 0 saturated carbocycles. The van der Waals surface area contributed by atoms with Gasteiger partial charge in [0.2, 0.25) is 15.9 Å². The van der Waals surface area contributed by atoms with Crippen molar-refractivity contribution in [3.8, 4) is 5.75 Å². The summed E-state index contributed by atoms with van der Waals surface area (Å²) in [5.41, 5.74) is 3.20. The third-order valence-corrected chi connectivity index (χ3v) is 4.91. The van der Waals surface area contributed by atoms with E-state index in [1.807, 2.05) is 54.6 Å². The Labute approximate surface area is 182 Å². The molecule has 7 heteroatoms. The molecule has 0 atom stereocenters. The summed E-state index contributed by atoms with van der Waals surface area (Å²) >= 11 is 0. The molecule has 0 fully saturated rings. The van der Waals surface area contributed by atoms with Gasteiger partial charge in [-0.15, -0.1) is 0 Å². The Kier molecular flexibility index (Phi) is 7.45. The molecule has 0 aromatic heterocycles. The minimum atomic E-state index is -3.32. The molecule has 0 radical (unpaired) electrons. The number of carbonyl (C=O) groups is 1. The Bertz CT molecular complexity index is 1140. The molecule has 0 aliphatic heterocycles. The summed E-state index contributed by atoms with van der Waals surface area (Å²) in [4.78, 5) is 12.2. The number of anilines is 1. The predicted octanol–water partition coefficient (Wildman–Crippen LogP) is 3.97. The van der Waals surface area contributed by atoms with Crippen molar-refractivity contribution in [3.63, 3.8) is 0 Å². The highest BCUT2D eigenvalue weighted by atomic mass is 32.2. The first-order chi connectivity index (χ1) is 14.9. The first kappa shape index (κ1) is 22.1. The van der Waals surface area contributed by atoms with Crippen LogP contribution in [0.4, 0.5) is 5.69 Å². The number of hydrogen-bond donors (Lipinski definition) is 2. The summed E-state index contributed by atoms with van der Waals surface area (Å²) in [6.07, 6.45) is 4.19. The first-order valence-corrected chi connectivity index (χ1v) is 11.6. The molecule has 1 amide bonds. The number of nitrogens with one attached hydrogen (secondary N) is 2. The lowest BCUT2D eigenvalue weighted by molar-refractivity contribution is -0.116. The highest BCUT2D eigenvalue weighted by Crippen LogP contribution is 2.19. The van der Waals surface area contributed by atoms with Gasteiger partial charge in [-0.1, -0.05) is 60.7 Å². The lowest BCUT2D eigenvalue weighted by Crippen LogP contribution is -2.20. The molecule has 31 heavy (non-hydrogen) atoms. The van der Waals surface area contributed by atoms with Gasteiger partial charge in [-0.3, -0.25) is 9.52 Å². The van der Waals surface area contributed by atoms with Crippen molar-refractivity contribution in [2.24, 2.45) is 0 Å². The smallest absolute Gasteiger partial charge is 0.244 e. The van der Waals surface area contributed by atoms with Crippen molar-refractivity contribution >= 4 is 27.7 Å². The van der Waals surface area contributed by atoms with Gasteiger partial charge < -0.3 is 10.1 Å². The maximum atomic E-state index is 12.2. The van der Waals surface area contributed by atoms with Crippen LogP contribution in [0.1, 0.15) is 16.7 Å². The molecule has 0 saturated heterocycles. The number of sulfonamides is 1. The van der Waals surface area contributed by atoms with Gasteiger partial charge in [0, 0.05) is 23.9 Å². The van der Waals surface area contributed by atoms with Crippen molar-refractivity contribution in [2.45, 2.75) is 13.2 Å². The van der Waals surface area contributed by atoms with Crippen molar-refractivity contribution < 1.29 is 17.9 Å². The molecule has 0 unspecified atom stereocenters. The molecule has 0 aliphatic rings. The van der Waals surface area contributed by atoms with E-state index in [-0.39, 0.29) is 5.91 Å². The fourth-order valence-corrected chi connectivity index (χ4v) is 3.38. The number of carbonyl (C=O) groups excluding carboxylic acids is 1. The zero-order valence-electron chi connectivity index (χ0n) is 17.1. The van der Waals surface area contributed by atoms with Gasteiger partial charge in [-0.05, 0) is 35.4 Å². The van der Waals surface area contributed by atoms with Gasteiger partial charge >= 0.3 is 0 Å². The van der Waals surface area contributed by atoms with E-state index >= 15 is 0 Å². The lowest BCUT2D eigenvalue weighted by atomic mass is 10.2. The van der Waals surface area contributed by atoms with Crippen LogP contribution in [0, 0.1) is 0 Å². The molecule has 2 N–H and O–H groups in total. The molecule has 160 valence electrons. The van der Waals surface area contributed by atoms with Crippen LogP contribution in [-0.2, 0) is 28.0 Å². The van der Waals surface area contributed by atoms with E-state index in [2.05, 4.69) is 10.0 Å². The van der Waals surface area contributed by atoms with Gasteiger partial charge in [0.15, 0.2) is 0 Å². The van der Waals surface area contributed by atoms with E-state index in [4.69, 9.17) is 4.74 Å². The first-order valence-electron chi connectivity index (χ1n) is 9.67. The molecule has 6 nitrogen and oxygen atoms in total. The summed E-state index contributed by atoms with van der Waals surface area (Å²) in [5, 5.41) is 2.85. The largest absolute Gasteiger partial charge is 0.489 e.